The van der Waals surface area contributed by atoms with Crippen molar-refractivity contribution in [1.82, 2.24) is 4.57 Å². The molecule has 0 radical (unpaired) electrons. The number of fused-ring (bicyclic) bond motifs is 14. The topological polar surface area (TPSA) is 11.4 Å². The lowest BCUT2D eigenvalue weighted by Crippen LogP contribution is -2.64. The van der Waals surface area contributed by atoms with E-state index in [-0.39, 0.29) is 55.6 Å². The molecule has 7 aliphatic rings. The van der Waals surface area contributed by atoms with E-state index in [9.17, 15) is 0 Å². The highest BCUT2D eigenvalue weighted by atomic mass is 15.3. The maximum atomic E-state index is 2.99. The van der Waals surface area contributed by atoms with Crippen LogP contribution in [0.1, 0.15) is 232 Å². The molecule has 2 atom stereocenters. The van der Waals surface area contributed by atoms with Crippen molar-refractivity contribution in [2.24, 2.45) is 0 Å². The fraction of sp³-hybridized carbons (Fsp3) is 0.486. The summed E-state index contributed by atoms with van der Waals surface area (Å²) >= 11 is 0. The molecule has 1 aromatic heterocycles. The maximum Gasteiger partial charge on any atom is 0.252 e. The van der Waals surface area contributed by atoms with E-state index in [4.69, 9.17) is 0 Å². The molecule has 3 aliphatic heterocycles. The molecule has 0 bridgehead atoms. The van der Waals surface area contributed by atoms with Crippen LogP contribution in [0.15, 0.2) is 91.0 Å². The molecular weight excluding hydrogens is 942 g/mol. The van der Waals surface area contributed by atoms with Gasteiger partial charge in [0.05, 0.1) is 16.9 Å². The zero-order valence-corrected chi connectivity index (χ0v) is 51.2. The Kier molecular flexibility index (Phi) is 9.94. The molecule has 402 valence electrons. The quantitative estimate of drug-likeness (QED) is 0.163. The van der Waals surface area contributed by atoms with E-state index in [0.717, 1.165) is 6.42 Å². The van der Waals surface area contributed by atoms with Gasteiger partial charge in [0, 0.05) is 55.7 Å². The first-order valence-electron chi connectivity index (χ1n) is 30.4. The van der Waals surface area contributed by atoms with E-state index >= 15 is 0 Å². The summed E-state index contributed by atoms with van der Waals surface area (Å²) < 4.78 is 2.83. The summed E-state index contributed by atoms with van der Waals surface area (Å²) in [6.07, 6.45) is 9.62. The van der Waals surface area contributed by atoms with Gasteiger partial charge in [-0.1, -0.05) is 185 Å². The predicted octanol–water partition coefficient (Wildman–Crippen LogP) is 17.9. The van der Waals surface area contributed by atoms with Gasteiger partial charge >= 0.3 is 0 Å². The molecule has 0 N–H and O–H groups in total. The Morgan fingerprint density at radius 2 is 1.09 bits per heavy atom. The number of nitrogens with zero attached hydrogens (tertiary/aromatic N) is 3. The molecule has 0 spiro atoms. The van der Waals surface area contributed by atoms with Crippen LogP contribution in [0.2, 0.25) is 0 Å². The van der Waals surface area contributed by atoms with Crippen LogP contribution >= 0.6 is 0 Å². The van der Waals surface area contributed by atoms with Crippen molar-refractivity contribution in [3.63, 3.8) is 0 Å². The van der Waals surface area contributed by atoms with E-state index in [1.54, 1.807) is 5.56 Å². The molecule has 14 rings (SSSR count). The fourth-order valence-electron chi connectivity index (χ4n) is 17.5. The Morgan fingerprint density at radius 3 is 1.76 bits per heavy atom. The number of anilines is 5. The van der Waals surface area contributed by atoms with Crippen molar-refractivity contribution in [2.75, 3.05) is 9.80 Å². The normalized spacial score (nSPS) is 23.7. The number of aryl methyl sites for hydroxylation is 1. The molecular formula is C74H88BN3. The fourth-order valence-corrected chi connectivity index (χ4v) is 17.5. The third-order valence-electron chi connectivity index (χ3n) is 22.8. The van der Waals surface area contributed by atoms with Gasteiger partial charge in [0.15, 0.2) is 0 Å². The minimum absolute atomic E-state index is 0.0185. The van der Waals surface area contributed by atoms with Gasteiger partial charge in [0.25, 0.3) is 6.71 Å². The summed E-state index contributed by atoms with van der Waals surface area (Å²) in [6, 6.07) is 38.5. The van der Waals surface area contributed by atoms with Crippen molar-refractivity contribution in [1.29, 1.82) is 0 Å². The van der Waals surface area contributed by atoms with Gasteiger partial charge in [-0.15, -0.1) is 0 Å². The third kappa shape index (κ3) is 6.41. The molecule has 6 aromatic carbocycles. The van der Waals surface area contributed by atoms with Crippen LogP contribution in [0.25, 0.3) is 27.8 Å². The largest absolute Gasteiger partial charge is 0.335 e. The zero-order valence-electron chi connectivity index (χ0n) is 51.2. The molecule has 3 nitrogen and oxygen atoms in total. The summed E-state index contributed by atoms with van der Waals surface area (Å²) in [5.74, 6) is 0. The summed E-state index contributed by atoms with van der Waals surface area (Å²) in [5, 5.41) is 1.43. The van der Waals surface area contributed by atoms with Crippen LogP contribution < -0.4 is 26.2 Å². The third-order valence-corrected chi connectivity index (χ3v) is 22.8. The van der Waals surface area contributed by atoms with E-state index in [2.05, 4.69) is 237 Å². The molecule has 0 amide bonds. The molecule has 0 saturated heterocycles. The summed E-state index contributed by atoms with van der Waals surface area (Å²) in [7, 11) is 0. The van der Waals surface area contributed by atoms with Crippen LogP contribution in [0.3, 0.4) is 0 Å². The second-order valence-corrected chi connectivity index (χ2v) is 31.9. The molecule has 78 heavy (non-hydrogen) atoms. The highest BCUT2D eigenvalue weighted by Crippen LogP contribution is 2.64. The van der Waals surface area contributed by atoms with Crippen LogP contribution in [-0.2, 0) is 43.3 Å². The number of rotatable bonds is 3. The monoisotopic (exact) mass is 1030 g/mol. The molecule has 7 aromatic rings. The van der Waals surface area contributed by atoms with E-state index < -0.39 is 0 Å². The first kappa shape index (κ1) is 50.7. The van der Waals surface area contributed by atoms with Crippen molar-refractivity contribution < 1.29 is 0 Å². The summed E-state index contributed by atoms with van der Waals surface area (Å²) in [5.41, 5.74) is 31.4. The van der Waals surface area contributed by atoms with Gasteiger partial charge in [0.2, 0.25) is 0 Å². The predicted molar refractivity (Wildman–Crippen MR) is 336 cm³/mol. The van der Waals surface area contributed by atoms with Gasteiger partial charge in [0.1, 0.15) is 0 Å². The lowest BCUT2D eigenvalue weighted by atomic mass is 9.33. The molecule has 2 unspecified atom stereocenters. The van der Waals surface area contributed by atoms with E-state index in [0.29, 0.717) is 0 Å². The van der Waals surface area contributed by atoms with E-state index in [1.165, 1.54) is 168 Å². The smallest absolute Gasteiger partial charge is 0.252 e. The molecule has 1 fully saturated rings. The average Bonchev–Trinajstić information content (AvgIpc) is 2.24. The second kappa shape index (κ2) is 15.3. The first-order chi connectivity index (χ1) is 36.3. The Labute approximate surface area is 469 Å². The summed E-state index contributed by atoms with van der Waals surface area (Å²) in [6.45, 7) is 47.4. The number of hydrogen-bond acceptors (Lipinski definition) is 2. The average molecular weight is 1030 g/mol. The maximum absolute atomic E-state index is 2.99. The molecule has 1 saturated carbocycles. The second-order valence-electron chi connectivity index (χ2n) is 31.9. The van der Waals surface area contributed by atoms with Crippen molar-refractivity contribution in [3.8, 4) is 16.9 Å². The van der Waals surface area contributed by atoms with Gasteiger partial charge < -0.3 is 14.4 Å². The highest BCUT2D eigenvalue weighted by Gasteiger charge is 2.62. The molecule has 4 heteroatoms. The van der Waals surface area contributed by atoms with Gasteiger partial charge in [-0.3, -0.25) is 0 Å². The number of aromatic nitrogens is 1. The Morgan fingerprint density at radius 1 is 0.513 bits per heavy atom. The van der Waals surface area contributed by atoms with E-state index in [1.807, 2.05) is 0 Å². The zero-order chi connectivity index (χ0) is 55.4. The molecule has 4 aliphatic carbocycles. The lowest BCUT2D eigenvalue weighted by Gasteiger charge is -2.52. The van der Waals surface area contributed by atoms with Gasteiger partial charge in [-0.2, -0.15) is 0 Å². The Balaban J connectivity index is 1.17. The van der Waals surface area contributed by atoms with Gasteiger partial charge in [-0.25, -0.2) is 0 Å². The first-order valence-corrected chi connectivity index (χ1v) is 30.4. The SMILES string of the molecule is Cc1cc2c(cc1N(c1cc3c4c(c1)-n1c5c(c6cc(C(C)(C)C)cc(c61)B4c1cc(C(C)(C)C)cc4c1N3C1(C)CCCCC41C)C(C)(C)c1ccccc1-5)c1ccc3c(c1)C(C)(C)CCC3(C)C)C(C)(C)CCC2(C)C. The highest BCUT2D eigenvalue weighted by molar-refractivity contribution is 7.00. The minimum Gasteiger partial charge on any atom is -0.335 e. The standard InChI is InChI=1S/C74H88BN3/c1-43-34-52-54(71(14,15)33-32-69(52,10)11)42-58(43)76(46-26-27-51-53(39-46)70(12,13)31-30-68(51,8)9)47-40-59-62-60(41-47)78-65-55(73(18)28-22-23-29-74(73,78)19)36-45(67(5,6)7)38-57(65)75(62)56-37-44(66(2,3)4)35-49-61-64(77(59)63(49)56)48-24-20-21-25-50(48)72(61,16)17/h20-21,24-27,34-42H,22-23,28-33H2,1-19H3. The minimum atomic E-state index is -0.195. The van der Waals surface area contributed by atoms with Crippen molar-refractivity contribution in [2.45, 2.75) is 232 Å². The lowest BCUT2D eigenvalue weighted by molar-refractivity contribution is 0.195. The number of benzene rings is 6. The Bertz CT molecular complexity index is 3820. The van der Waals surface area contributed by atoms with Crippen LogP contribution in [0.5, 0.6) is 0 Å². The van der Waals surface area contributed by atoms with Crippen molar-refractivity contribution in [3.05, 3.63) is 147 Å². The Hall–Kier alpha value is -5.48. The van der Waals surface area contributed by atoms with Gasteiger partial charge in [-0.05, 0) is 193 Å². The van der Waals surface area contributed by atoms with Crippen LogP contribution in [-0.4, -0.2) is 16.8 Å². The van der Waals surface area contributed by atoms with Crippen LogP contribution in [0.4, 0.5) is 28.4 Å². The van der Waals surface area contributed by atoms with Crippen LogP contribution in [0, 0.1) is 6.92 Å². The summed E-state index contributed by atoms with van der Waals surface area (Å²) in [4.78, 5) is 5.74. The van der Waals surface area contributed by atoms with Crippen molar-refractivity contribution >= 4 is 62.4 Å². The number of hydrogen-bond donors (Lipinski definition) is 0. The molecule has 4 heterocycles.